The molecule has 4 nitrogen and oxygen atoms in total. The lowest BCUT2D eigenvalue weighted by atomic mass is 9.87. The van der Waals surface area contributed by atoms with Gasteiger partial charge in [0.15, 0.2) is 11.6 Å². The van der Waals surface area contributed by atoms with Gasteiger partial charge in [-0.3, -0.25) is 0 Å². The quantitative estimate of drug-likeness (QED) is 0.839. The molecule has 1 aromatic carbocycles. The van der Waals surface area contributed by atoms with Crippen molar-refractivity contribution in [3.05, 3.63) is 29.1 Å². The van der Waals surface area contributed by atoms with Gasteiger partial charge in [-0.2, -0.15) is 5.26 Å². The number of hydrogen-bond acceptors (Lipinski definition) is 4. The Morgan fingerprint density at radius 1 is 1.44 bits per heavy atom. The zero-order chi connectivity index (χ0) is 13.1. The topological polar surface area (TPSA) is 79.3 Å². The van der Waals surface area contributed by atoms with E-state index >= 15 is 0 Å². The van der Waals surface area contributed by atoms with Crippen LogP contribution in [0.5, 0.6) is 5.75 Å². The lowest BCUT2D eigenvalue weighted by Crippen LogP contribution is -2.27. The maximum Gasteiger partial charge on any atom is 0.166 e. The average molecular weight is 250 g/mol. The van der Waals surface area contributed by atoms with Crippen LogP contribution in [0.4, 0.5) is 4.39 Å². The van der Waals surface area contributed by atoms with E-state index in [4.69, 9.17) is 15.7 Å². The van der Waals surface area contributed by atoms with Crippen molar-refractivity contribution in [3.8, 4) is 11.8 Å². The van der Waals surface area contributed by atoms with Gasteiger partial charge in [-0.1, -0.05) is 0 Å². The molecule has 0 saturated carbocycles. The summed E-state index contributed by atoms with van der Waals surface area (Å²) in [6.45, 7) is 1.25. The largest absolute Gasteiger partial charge is 0.505 e. The molecule has 96 valence electrons. The highest BCUT2D eigenvalue weighted by Crippen LogP contribution is 2.34. The van der Waals surface area contributed by atoms with Crippen molar-refractivity contribution < 1.29 is 14.2 Å². The molecule has 1 aromatic rings. The molecule has 1 saturated heterocycles. The minimum atomic E-state index is -0.799. The van der Waals surface area contributed by atoms with Crippen molar-refractivity contribution >= 4 is 0 Å². The number of phenols is 1. The highest BCUT2D eigenvalue weighted by atomic mass is 19.1. The number of halogens is 1. The van der Waals surface area contributed by atoms with E-state index < -0.39 is 17.6 Å². The molecule has 18 heavy (non-hydrogen) atoms. The first-order valence-electron chi connectivity index (χ1n) is 5.89. The maximum atomic E-state index is 13.5. The summed E-state index contributed by atoms with van der Waals surface area (Å²) in [5.41, 5.74) is 6.54. The standard InChI is InChI=1S/C13H15FN2O2/c14-11-6-8(7-15)5-10(13(11)17)12(16)9-1-3-18-4-2-9/h5-6,9,12,17H,1-4,16H2/t12-/m1/s1. The zero-order valence-electron chi connectivity index (χ0n) is 9.90. The number of aromatic hydroxyl groups is 1. The van der Waals surface area contributed by atoms with E-state index in [1.54, 1.807) is 0 Å². The second-order valence-corrected chi connectivity index (χ2v) is 4.48. The number of nitriles is 1. The summed E-state index contributed by atoms with van der Waals surface area (Å²) in [4.78, 5) is 0. The van der Waals surface area contributed by atoms with Gasteiger partial charge in [-0.15, -0.1) is 0 Å². The first-order valence-corrected chi connectivity index (χ1v) is 5.89. The van der Waals surface area contributed by atoms with Gasteiger partial charge >= 0.3 is 0 Å². The number of rotatable bonds is 2. The van der Waals surface area contributed by atoms with Crippen molar-refractivity contribution in [3.63, 3.8) is 0 Å². The summed E-state index contributed by atoms with van der Waals surface area (Å²) in [6.07, 6.45) is 1.55. The Morgan fingerprint density at radius 2 is 2.11 bits per heavy atom. The van der Waals surface area contributed by atoms with E-state index in [1.165, 1.54) is 6.07 Å². The van der Waals surface area contributed by atoms with Crippen LogP contribution in [0.1, 0.15) is 30.0 Å². The molecule has 0 radical (unpaired) electrons. The second-order valence-electron chi connectivity index (χ2n) is 4.48. The van der Waals surface area contributed by atoms with Crippen molar-refractivity contribution in [1.82, 2.24) is 0 Å². The lowest BCUT2D eigenvalue weighted by molar-refractivity contribution is 0.0580. The highest BCUT2D eigenvalue weighted by molar-refractivity contribution is 5.44. The summed E-state index contributed by atoms with van der Waals surface area (Å²) in [7, 11) is 0. The third kappa shape index (κ3) is 2.45. The monoisotopic (exact) mass is 250 g/mol. The Hall–Kier alpha value is -1.64. The van der Waals surface area contributed by atoms with Crippen molar-refractivity contribution in [2.45, 2.75) is 18.9 Å². The normalized spacial score (nSPS) is 18.3. The first kappa shape index (κ1) is 12.8. The molecule has 2 rings (SSSR count). The second kappa shape index (κ2) is 5.34. The Labute approximate surface area is 105 Å². The van der Waals surface area contributed by atoms with Crippen LogP contribution in [0.25, 0.3) is 0 Å². The van der Waals surface area contributed by atoms with Crippen LogP contribution >= 0.6 is 0 Å². The van der Waals surface area contributed by atoms with Gasteiger partial charge in [0.1, 0.15) is 0 Å². The molecule has 0 aromatic heterocycles. The van der Waals surface area contributed by atoms with E-state index in [1.807, 2.05) is 6.07 Å². The molecule has 1 aliphatic heterocycles. The molecule has 0 spiro atoms. The third-order valence-electron chi connectivity index (χ3n) is 3.35. The van der Waals surface area contributed by atoms with Gasteiger partial charge in [0.25, 0.3) is 0 Å². The molecule has 0 amide bonds. The average Bonchev–Trinajstić information content (AvgIpc) is 2.42. The van der Waals surface area contributed by atoms with Crippen molar-refractivity contribution in [2.24, 2.45) is 11.7 Å². The zero-order valence-corrected chi connectivity index (χ0v) is 9.90. The Morgan fingerprint density at radius 3 is 2.72 bits per heavy atom. The third-order valence-corrected chi connectivity index (χ3v) is 3.35. The molecule has 0 bridgehead atoms. The number of hydrogen-bond donors (Lipinski definition) is 2. The maximum absolute atomic E-state index is 13.5. The first-order chi connectivity index (χ1) is 8.63. The Balaban J connectivity index is 2.31. The fourth-order valence-electron chi connectivity index (χ4n) is 2.27. The number of nitrogens with two attached hydrogens (primary N) is 1. The van der Waals surface area contributed by atoms with Gasteiger partial charge in [0, 0.05) is 24.8 Å². The minimum Gasteiger partial charge on any atom is -0.505 e. The molecule has 0 unspecified atom stereocenters. The van der Waals surface area contributed by atoms with Crippen LogP contribution in [-0.2, 0) is 4.74 Å². The van der Waals surface area contributed by atoms with Gasteiger partial charge in [-0.25, -0.2) is 4.39 Å². The van der Waals surface area contributed by atoms with Gasteiger partial charge in [0.05, 0.1) is 11.6 Å². The van der Waals surface area contributed by atoms with Crippen LogP contribution in [0.2, 0.25) is 0 Å². The van der Waals surface area contributed by atoms with Crippen LogP contribution in [0.3, 0.4) is 0 Å². The number of nitrogens with zero attached hydrogens (tertiary/aromatic N) is 1. The molecule has 3 N–H and O–H groups in total. The van der Waals surface area contributed by atoms with Crippen LogP contribution in [-0.4, -0.2) is 18.3 Å². The predicted molar refractivity (Wildman–Crippen MR) is 63.3 cm³/mol. The summed E-state index contributed by atoms with van der Waals surface area (Å²) < 4.78 is 18.7. The lowest BCUT2D eigenvalue weighted by Gasteiger charge is -2.28. The molecular weight excluding hydrogens is 235 g/mol. The fourth-order valence-corrected chi connectivity index (χ4v) is 2.27. The van der Waals surface area contributed by atoms with Gasteiger partial charge in [-0.05, 0) is 30.9 Å². The SMILES string of the molecule is N#Cc1cc(F)c(O)c([C@H](N)C2CCOCC2)c1. The fraction of sp³-hybridized carbons (Fsp3) is 0.462. The Kier molecular flexibility index (Phi) is 3.80. The van der Waals surface area contributed by atoms with E-state index in [9.17, 15) is 9.50 Å². The van der Waals surface area contributed by atoms with E-state index in [0.29, 0.717) is 18.8 Å². The summed E-state index contributed by atoms with van der Waals surface area (Å²) in [5, 5.41) is 18.5. The van der Waals surface area contributed by atoms with E-state index in [-0.39, 0.29) is 11.5 Å². The van der Waals surface area contributed by atoms with Crippen LogP contribution in [0.15, 0.2) is 12.1 Å². The summed E-state index contributed by atoms with van der Waals surface area (Å²) >= 11 is 0. The molecule has 5 heteroatoms. The van der Waals surface area contributed by atoms with Gasteiger partial charge < -0.3 is 15.6 Å². The van der Waals surface area contributed by atoms with Crippen molar-refractivity contribution in [2.75, 3.05) is 13.2 Å². The highest BCUT2D eigenvalue weighted by Gasteiger charge is 2.25. The molecular formula is C13H15FN2O2. The van der Waals surface area contributed by atoms with E-state index in [0.717, 1.165) is 18.9 Å². The van der Waals surface area contributed by atoms with E-state index in [2.05, 4.69) is 0 Å². The smallest absolute Gasteiger partial charge is 0.166 e. The van der Waals surface area contributed by atoms with Crippen molar-refractivity contribution in [1.29, 1.82) is 5.26 Å². The van der Waals surface area contributed by atoms with Gasteiger partial charge in [0.2, 0.25) is 0 Å². The predicted octanol–water partition coefficient (Wildman–Crippen LogP) is 1.83. The summed E-state index contributed by atoms with van der Waals surface area (Å²) in [5.74, 6) is -1.11. The Bertz CT molecular complexity index is 479. The number of phenolic OH excluding ortho intramolecular Hbond substituents is 1. The van der Waals surface area contributed by atoms with Crippen LogP contribution < -0.4 is 5.73 Å². The molecule has 1 fully saturated rings. The molecule has 0 aliphatic carbocycles. The molecule has 1 heterocycles. The molecule has 1 aliphatic rings. The molecule has 1 atom stereocenters. The minimum absolute atomic E-state index is 0.137. The van der Waals surface area contributed by atoms with Crippen LogP contribution in [0, 0.1) is 23.1 Å². The number of ether oxygens (including phenoxy) is 1. The summed E-state index contributed by atoms with van der Waals surface area (Å²) in [6, 6.07) is 3.85. The number of benzene rings is 1.